The predicted molar refractivity (Wildman–Crippen MR) is 93.3 cm³/mol. The molecule has 1 fully saturated rings. The van der Waals surface area contributed by atoms with Gasteiger partial charge in [0.1, 0.15) is 5.75 Å². The summed E-state index contributed by atoms with van der Waals surface area (Å²) >= 11 is 5.83. The minimum absolute atomic E-state index is 0.0288. The van der Waals surface area contributed by atoms with Crippen LogP contribution in [0.2, 0.25) is 5.02 Å². The molecule has 0 saturated heterocycles. The third-order valence-electron chi connectivity index (χ3n) is 4.39. The number of aliphatic hydroxyl groups excluding tert-OH is 1. The Kier molecular flexibility index (Phi) is 5.07. The third kappa shape index (κ3) is 3.71. The van der Waals surface area contributed by atoms with Crippen LogP contribution in [0.1, 0.15) is 29.6 Å². The lowest BCUT2D eigenvalue weighted by Gasteiger charge is -2.13. The molecule has 0 aromatic heterocycles. The van der Waals surface area contributed by atoms with Gasteiger partial charge < -0.3 is 15.2 Å². The Bertz CT molecular complexity index is 717. The Morgan fingerprint density at radius 1 is 1.29 bits per heavy atom. The second-order valence-electron chi connectivity index (χ2n) is 6.00. The number of carbonyl (C=O) groups excluding carboxylic acids is 1. The molecule has 1 aliphatic carbocycles. The number of carbonyl (C=O) groups is 1. The van der Waals surface area contributed by atoms with Gasteiger partial charge in [-0.15, -0.1) is 0 Å². The van der Waals surface area contributed by atoms with Gasteiger partial charge >= 0.3 is 0 Å². The number of rotatable bonds is 6. The van der Waals surface area contributed by atoms with Crippen molar-refractivity contribution in [1.29, 1.82) is 0 Å². The molecule has 2 aromatic carbocycles. The van der Waals surface area contributed by atoms with Gasteiger partial charge in [0.15, 0.2) is 0 Å². The SMILES string of the molecule is COc1ccccc1C1CC1C(=O)NCC(O)c1ccc(Cl)cc1. The Balaban J connectivity index is 1.54. The van der Waals surface area contributed by atoms with Crippen LogP contribution in [0.15, 0.2) is 48.5 Å². The maximum Gasteiger partial charge on any atom is 0.223 e. The quantitative estimate of drug-likeness (QED) is 0.844. The van der Waals surface area contributed by atoms with Gasteiger partial charge in [0, 0.05) is 17.5 Å². The molecule has 0 aliphatic heterocycles. The van der Waals surface area contributed by atoms with Crippen molar-refractivity contribution in [3.63, 3.8) is 0 Å². The van der Waals surface area contributed by atoms with Crippen LogP contribution in [0, 0.1) is 5.92 Å². The van der Waals surface area contributed by atoms with E-state index >= 15 is 0 Å². The molecule has 1 saturated carbocycles. The number of methoxy groups -OCH3 is 1. The monoisotopic (exact) mass is 345 g/mol. The van der Waals surface area contributed by atoms with Crippen molar-refractivity contribution in [2.75, 3.05) is 13.7 Å². The van der Waals surface area contributed by atoms with E-state index in [4.69, 9.17) is 16.3 Å². The molecule has 0 bridgehead atoms. The van der Waals surface area contributed by atoms with Gasteiger partial charge in [0.25, 0.3) is 0 Å². The van der Waals surface area contributed by atoms with Crippen molar-refractivity contribution >= 4 is 17.5 Å². The molecule has 1 amide bonds. The molecule has 3 rings (SSSR count). The van der Waals surface area contributed by atoms with Crippen LogP contribution in [-0.2, 0) is 4.79 Å². The van der Waals surface area contributed by atoms with Crippen LogP contribution in [-0.4, -0.2) is 24.7 Å². The number of hydrogen-bond donors (Lipinski definition) is 2. The highest BCUT2D eigenvalue weighted by molar-refractivity contribution is 6.30. The minimum Gasteiger partial charge on any atom is -0.496 e. The van der Waals surface area contributed by atoms with E-state index in [0.29, 0.717) is 5.02 Å². The van der Waals surface area contributed by atoms with Crippen LogP contribution in [0.25, 0.3) is 0 Å². The van der Waals surface area contributed by atoms with Gasteiger partial charge in [-0.2, -0.15) is 0 Å². The zero-order valence-corrected chi connectivity index (χ0v) is 14.2. The highest BCUT2D eigenvalue weighted by Gasteiger charge is 2.45. The van der Waals surface area contributed by atoms with Crippen LogP contribution in [0.5, 0.6) is 5.75 Å². The Morgan fingerprint density at radius 2 is 2.00 bits per heavy atom. The molecule has 24 heavy (non-hydrogen) atoms. The molecule has 2 aromatic rings. The highest BCUT2D eigenvalue weighted by atomic mass is 35.5. The van der Waals surface area contributed by atoms with E-state index in [2.05, 4.69) is 5.32 Å². The van der Waals surface area contributed by atoms with E-state index < -0.39 is 6.10 Å². The van der Waals surface area contributed by atoms with Crippen LogP contribution in [0.4, 0.5) is 0 Å². The van der Waals surface area contributed by atoms with E-state index in [9.17, 15) is 9.90 Å². The number of halogens is 1. The molecule has 1 aliphatic rings. The smallest absolute Gasteiger partial charge is 0.223 e. The van der Waals surface area contributed by atoms with Crippen molar-refractivity contribution in [3.8, 4) is 5.75 Å². The van der Waals surface area contributed by atoms with Crippen molar-refractivity contribution in [2.24, 2.45) is 5.92 Å². The van der Waals surface area contributed by atoms with Crippen LogP contribution < -0.4 is 10.1 Å². The van der Waals surface area contributed by atoms with E-state index in [0.717, 1.165) is 23.3 Å². The zero-order valence-electron chi connectivity index (χ0n) is 13.4. The third-order valence-corrected chi connectivity index (χ3v) is 4.64. The molecule has 4 nitrogen and oxygen atoms in total. The summed E-state index contributed by atoms with van der Waals surface area (Å²) in [5.74, 6) is 0.922. The van der Waals surface area contributed by atoms with Gasteiger partial charge in [0.2, 0.25) is 5.91 Å². The van der Waals surface area contributed by atoms with Crippen LogP contribution >= 0.6 is 11.6 Å². The topological polar surface area (TPSA) is 58.6 Å². The normalized spacial score (nSPS) is 20.3. The second-order valence-corrected chi connectivity index (χ2v) is 6.44. The standard InChI is InChI=1S/C19H20ClNO3/c1-24-18-5-3-2-4-14(18)15-10-16(15)19(23)21-11-17(22)12-6-8-13(20)9-7-12/h2-9,15-17,22H,10-11H2,1H3,(H,21,23). The first-order valence-corrected chi connectivity index (χ1v) is 8.32. The Morgan fingerprint density at radius 3 is 2.71 bits per heavy atom. The average molecular weight is 346 g/mol. The maximum atomic E-state index is 12.3. The first kappa shape index (κ1) is 16.8. The van der Waals surface area contributed by atoms with E-state index in [1.807, 2.05) is 24.3 Å². The van der Waals surface area contributed by atoms with Gasteiger partial charge in [-0.3, -0.25) is 4.79 Å². The van der Waals surface area contributed by atoms with Crippen molar-refractivity contribution in [3.05, 3.63) is 64.7 Å². The van der Waals surface area contributed by atoms with E-state index in [1.54, 1.807) is 31.4 Å². The van der Waals surface area contributed by atoms with E-state index in [1.165, 1.54) is 0 Å². The molecule has 126 valence electrons. The van der Waals surface area contributed by atoms with Crippen molar-refractivity contribution in [2.45, 2.75) is 18.4 Å². The fourth-order valence-corrected chi connectivity index (χ4v) is 3.06. The van der Waals surface area contributed by atoms with Gasteiger partial charge in [-0.1, -0.05) is 41.9 Å². The number of hydrogen-bond acceptors (Lipinski definition) is 3. The molecule has 0 heterocycles. The average Bonchev–Trinajstić information content (AvgIpc) is 3.40. The molecular formula is C19H20ClNO3. The largest absolute Gasteiger partial charge is 0.496 e. The summed E-state index contributed by atoms with van der Waals surface area (Å²) in [6.07, 6.45) is 0.0677. The number of ether oxygens (including phenoxy) is 1. The number of benzene rings is 2. The summed E-state index contributed by atoms with van der Waals surface area (Å²) in [6.45, 7) is 0.190. The lowest BCUT2D eigenvalue weighted by atomic mass is 10.1. The molecule has 3 atom stereocenters. The highest BCUT2D eigenvalue weighted by Crippen LogP contribution is 2.50. The number of nitrogens with one attached hydrogen (secondary N) is 1. The molecule has 5 heteroatoms. The number of para-hydroxylation sites is 1. The fraction of sp³-hybridized carbons (Fsp3) is 0.316. The van der Waals surface area contributed by atoms with E-state index in [-0.39, 0.29) is 24.3 Å². The lowest BCUT2D eigenvalue weighted by Crippen LogP contribution is -2.30. The first-order chi connectivity index (χ1) is 11.6. The molecule has 2 N–H and O–H groups in total. The molecule has 0 radical (unpaired) electrons. The first-order valence-electron chi connectivity index (χ1n) is 7.94. The Labute approximate surface area is 146 Å². The van der Waals surface area contributed by atoms with Gasteiger partial charge in [-0.05, 0) is 41.7 Å². The number of amides is 1. The van der Waals surface area contributed by atoms with Gasteiger partial charge in [-0.25, -0.2) is 0 Å². The lowest BCUT2D eigenvalue weighted by molar-refractivity contribution is -0.122. The summed E-state index contributed by atoms with van der Waals surface area (Å²) in [4.78, 5) is 12.3. The maximum absolute atomic E-state index is 12.3. The van der Waals surface area contributed by atoms with Crippen molar-refractivity contribution < 1.29 is 14.6 Å². The molecule has 3 unspecified atom stereocenters. The zero-order chi connectivity index (χ0) is 17.1. The summed E-state index contributed by atoms with van der Waals surface area (Å²) in [5, 5.41) is 13.6. The minimum atomic E-state index is -0.741. The van der Waals surface area contributed by atoms with Gasteiger partial charge in [0.05, 0.1) is 13.2 Å². The summed E-state index contributed by atoms with van der Waals surface area (Å²) in [7, 11) is 1.64. The molecule has 0 spiro atoms. The second kappa shape index (κ2) is 7.24. The summed E-state index contributed by atoms with van der Waals surface area (Å²) in [5.41, 5.74) is 1.80. The Hall–Kier alpha value is -2.04. The molecular weight excluding hydrogens is 326 g/mol. The summed E-state index contributed by atoms with van der Waals surface area (Å²) < 4.78 is 5.36. The fourth-order valence-electron chi connectivity index (χ4n) is 2.93. The number of aliphatic hydroxyl groups is 1. The van der Waals surface area contributed by atoms with Crippen LogP contribution in [0.3, 0.4) is 0 Å². The summed E-state index contributed by atoms with van der Waals surface area (Å²) in [6, 6.07) is 14.7. The predicted octanol–water partition coefficient (Wildman–Crippen LogP) is 3.30. The van der Waals surface area contributed by atoms with Crippen molar-refractivity contribution in [1.82, 2.24) is 5.32 Å².